The lowest BCUT2D eigenvalue weighted by Crippen LogP contribution is -2.27. The number of aryl methyl sites for hydroxylation is 2. The number of nitrogens with zero attached hydrogens (tertiary/aromatic N) is 2. The van der Waals surface area contributed by atoms with Crippen molar-refractivity contribution in [3.8, 4) is 0 Å². The fourth-order valence-electron chi connectivity index (χ4n) is 2.91. The van der Waals surface area contributed by atoms with Gasteiger partial charge in [0.25, 0.3) is 0 Å². The maximum Gasteiger partial charge on any atom is 0.306 e. The lowest BCUT2D eigenvalue weighted by Gasteiger charge is -2.19. The largest absolute Gasteiger partial charge is 0.460 e. The average molecular weight is 324 g/mol. The molecule has 1 aliphatic rings. The van der Waals surface area contributed by atoms with Gasteiger partial charge in [-0.15, -0.1) is 0 Å². The Balaban J connectivity index is 1.91. The summed E-state index contributed by atoms with van der Waals surface area (Å²) >= 11 is 1.53. The van der Waals surface area contributed by atoms with Gasteiger partial charge in [0.2, 0.25) is 0 Å². The van der Waals surface area contributed by atoms with E-state index >= 15 is 0 Å². The van der Waals surface area contributed by atoms with Gasteiger partial charge in [-0.3, -0.25) is 4.79 Å². The first-order valence-corrected chi connectivity index (χ1v) is 8.88. The molecule has 2 rings (SSSR count). The lowest BCUT2D eigenvalue weighted by molar-refractivity contribution is -0.154. The molecule has 1 heterocycles. The van der Waals surface area contributed by atoms with Crippen LogP contribution < -0.4 is 0 Å². The molecule has 2 atom stereocenters. The van der Waals surface area contributed by atoms with E-state index in [0.29, 0.717) is 12.8 Å². The van der Waals surface area contributed by atoms with Crippen molar-refractivity contribution in [1.82, 2.24) is 9.97 Å². The molecule has 0 N–H and O–H groups in total. The predicted molar refractivity (Wildman–Crippen MR) is 86.1 cm³/mol. The van der Waals surface area contributed by atoms with Gasteiger partial charge in [-0.25, -0.2) is 9.97 Å². The van der Waals surface area contributed by atoms with Crippen LogP contribution in [-0.2, 0) is 20.7 Å². The van der Waals surface area contributed by atoms with Gasteiger partial charge in [-0.2, -0.15) is 0 Å². The Kier molecular flexibility index (Phi) is 6.20. The molecule has 0 unspecified atom stereocenters. The molecular formula is C16H24N2O3S. The molecule has 0 aliphatic heterocycles. The molecule has 1 aliphatic carbocycles. The second-order valence-electron chi connectivity index (χ2n) is 5.59. The fourth-order valence-corrected chi connectivity index (χ4v) is 3.37. The van der Waals surface area contributed by atoms with E-state index in [2.05, 4.69) is 9.97 Å². The Bertz CT molecular complexity index is 513. The number of thioether (sulfide) groups is 1. The number of rotatable bonds is 6. The Morgan fingerprint density at radius 3 is 2.45 bits per heavy atom. The Morgan fingerprint density at radius 1 is 1.23 bits per heavy atom. The monoisotopic (exact) mass is 324 g/mol. The van der Waals surface area contributed by atoms with Gasteiger partial charge in [0.15, 0.2) is 5.16 Å². The van der Waals surface area contributed by atoms with Crippen LogP contribution in [0.1, 0.15) is 42.6 Å². The predicted octanol–water partition coefficient (Wildman–Crippen LogP) is 2.86. The van der Waals surface area contributed by atoms with E-state index in [1.54, 1.807) is 7.11 Å². The van der Waals surface area contributed by atoms with Gasteiger partial charge in [0, 0.05) is 24.9 Å². The van der Waals surface area contributed by atoms with Crippen LogP contribution in [0.2, 0.25) is 0 Å². The summed E-state index contributed by atoms with van der Waals surface area (Å²) in [5, 5.41) is 0.773. The van der Waals surface area contributed by atoms with Crippen molar-refractivity contribution in [3.05, 3.63) is 17.0 Å². The van der Waals surface area contributed by atoms with Crippen molar-refractivity contribution in [1.29, 1.82) is 0 Å². The molecule has 122 valence electrons. The van der Waals surface area contributed by atoms with E-state index in [4.69, 9.17) is 9.47 Å². The van der Waals surface area contributed by atoms with Gasteiger partial charge in [0.1, 0.15) is 6.10 Å². The van der Waals surface area contributed by atoms with Gasteiger partial charge in [-0.1, -0.05) is 11.8 Å². The molecule has 0 saturated heterocycles. The topological polar surface area (TPSA) is 61.3 Å². The van der Waals surface area contributed by atoms with Crippen molar-refractivity contribution < 1.29 is 14.3 Å². The molecule has 0 bridgehead atoms. The zero-order valence-electron chi connectivity index (χ0n) is 13.7. The Hall–Kier alpha value is -1.14. The van der Waals surface area contributed by atoms with Crippen LogP contribution in [0.5, 0.6) is 0 Å². The Morgan fingerprint density at radius 2 is 1.86 bits per heavy atom. The van der Waals surface area contributed by atoms with E-state index in [-0.39, 0.29) is 18.2 Å². The van der Waals surface area contributed by atoms with E-state index in [1.165, 1.54) is 11.8 Å². The molecular weight excluding hydrogens is 300 g/mol. The minimum absolute atomic E-state index is 0.0524. The molecule has 0 spiro atoms. The highest BCUT2D eigenvalue weighted by atomic mass is 32.2. The minimum Gasteiger partial charge on any atom is -0.460 e. The first-order valence-electron chi connectivity index (χ1n) is 7.65. The average Bonchev–Trinajstić information content (AvgIpc) is 2.93. The van der Waals surface area contributed by atoms with E-state index < -0.39 is 0 Å². The number of esters is 1. The maximum atomic E-state index is 12.1. The zero-order valence-corrected chi connectivity index (χ0v) is 14.5. The number of carbonyl (C=O) groups excluding carboxylic acids is 1. The molecule has 0 radical (unpaired) electrons. The highest BCUT2D eigenvalue weighted by Crippen LogP contribution is 2.25. The van der Waals surface area contributed by atoms with Crippen LogP contribution in [-0.4, -0.2) is 41.5 Å². The van der Waals surface area contributed by atoms with E-state index in [1.807, 2.05) is 20.1 Å². The summed E-state index contributed by atoms with van der Waals surface area (Å²) in [6.07, 6.45) is 5.82. The number of ether oxygens (including phenoxy) is 2. The molecule has 1 saturated carbocycles. The molecule has 6 heteroatoms. The minimum atomic E-state index is -0.165. The lowest BCUT2D eigenvalue weighted by atomic mass is 10.1. The Labute approximate surface area is 136 Å². The van der Waals surface area contributed by atoms with Crippen molar-refractivity contribution >= 4 is 17.7 Å². The molecule has 1 aromatic heterocycles. The third-order valence-corrected chi connectivity index (χ3v) is 4.69. The van der Waals surface area contributed by atoms with Gasteiger partial charge in [-0.05, 0) is 51.3 Å². The van der Waals surface area contributed by atoms with Crippen molar-refractivity contribution in [2.24, 2.45) is 0 Å². The highest BCUT2D eigenvalue weighted by molar-refractivity contribution is 7.98. The first kappa shape index (κ1) is 17.2. The van der Waals surface area contributed by atoms with Crippen molar-refractivity contribution in [2.75, 3.05) is 13.4 Å². The molecule has 1 aromatic rings. The van der Waals surface area contributed by atoms with Gasteiger partial charge >= 0.3 is 5.97 Å². The number of methoxy groups -OCH3 is 1. The van der Waals surface area contributed by atoms with Crippen molar-refractivity contribution in [3.63, 3.8) is 0 Å². The summed E-state index contributed by atoms with van der Waals surface area (Å²) in [6.45, 7) is 3.93. The molecule has 5 nitrogen and oxygen atoms in total. The summed E-state index contributed by atoms with van der Waals surface area (Å²) in [5.74, 6) is -0.165. The molecule has 22 heavy (non-hydrogen) atoms. The number of carbonyl (C=O) groups is 1. The summed E-state index contributed by atoms with van der Waals surface area (Å²) in [6, 6.07) is 0. The van der Waals surface area contributed by atoms with Crippen LogP contribution in [0.4, 0.5) is 0 Å². The van der Waals surface area contributed by atoms with Crippen LogP contribution in [0.3, 0.4) is 0 Å². The fraction of sp³-hybridized carbons (Fsp3) is 0.688. The number of hydrogen-bond acceptors (Lipinski definition) is 6. The van der Waals surface area contributed by atoms with E-state index in [9.17, 15) is 4.79 Å². The molecule has 1 fully saturated rings. The van der Waals surface area contributed by atoms with Crippen LogP contribution >= 0.6 is 11.8 Å². The first-order chi connectivity index (χ1) is 10.5. The standard InChI is InChI=1S/C16H24N2O3S/c1-10-12(11(2)18-16(17-10)22-4)8-9-15(19)21-14-7-5-6-13(14)20-3/h13-14H,5-9H2,1-4H3/t13-,14-/m0/s1. The third-order valence-electron chi connectivity index (χ3n) is 4.14. The van der Waals surface area contributed by atoms with Crippen LogP contribution in [0.15, 0.2) is 5.16 Å². The second-order valence-corrected chi connectivity index (χ2v) is 6.37. The normalized spacial score (nSPS) is 21.1. The smallest absolute Gasteiger partial charge is 0.306 e. The number of hydrogen-bond donors (Lipinski definition) is 0. The summed E-state index contributed by atoms with van der Waals surface area (Å²) in [4.78, 5) is 20.9. The molecule has 0 amide bonds. The summed E-state index contributed by atoms with van der Waals surface area (Å²) < 4.78 is 10.9. The van der Waals surface area contributed by atoms with Crippen LogP contribution in [0, 0.1) is 13.8 Å². The van der Waals surface area contributed by atoms with Gasteiger partial charge < -0.3 is 9.47 Å². The van der Waals surface area contributed by atoms with Gasteiger partial charge in [0.05, 0.1) is 6.10 Å². The second kappa shape index (κ2) is 7.92. The molecule has 0 aromatic carbocycles. The summed E-state index contributed by atoms with van der Waals surface area (Å²) in [5.41, 5.74) is 2.94. The van der Waals surface area contributed by atoms with E-state index in [0.717, 1.165) is 41.4 Å². The highest BCUT2D eigenvalue weighted by Gasteiger charge is 2.30. The SMILES string of the molecule is CO[C@H]1CCC[C@@H]1OC(=O)CCc1c(C)nc(SC)nc1C. The summed E-state index contributed by atoms with van der Waals surface area (Å²) in [7, 11) is 1.67. The van der Waals surface area contributed by atoms with Crippen molar-refractivity contribution in [2.45, 2.75) is 63.3 Å². The number of aromatic nitrogens is 2. The third kappa shape index (κ3) is 4.20. The maximum absolute atomic E-state index is 12.1. The van der Waals surface area contributed by atoms with Crippen LogP contribution in [0.25, 0.3) is 0 Å². The zero-order chi connectivity index (χ0) is 16.1. The quantitative estimate of drug-likeness (QED) is 0.455.